The number of rotatable bonds is 9. The zero-order chi connectivity index (χ0) is 26.6. The smallest absolute Gasteiger partial charge is 0.406 e. The quantitative estimate of drug-likeness (QED) is 0.242. The Kier molecular flexibility index (Phi) is 8.49. The van der Waals surface area contributed by atoms with Crippen LogP contribution in [-0.4, -0.2) is 34.3 Å². The van der Waals surface area contributed by atoms with E-state index >= 15 is 0 Å². The summed E-state index contributed by atoms with van der Waals surface area (Å²) in [5.41, 5.74) is 4.32. The molecule has 0 radical (unpaired) electrons. The molecule has 0 aliphatic carbocycles. The number of hydrogen-bond acceptors (Lipinski definition) is 4. The van der Waals surface area contributed by atoms with Gasteiger partial charge in [0.1, 0.15) is 5.75 Å². The predicted octanol–water partition coefficient (Wildman–Crippen LogP) is 6.46. The number of nitrogens with zero attached hydrogens (tertiary/aromatic N) is 3. The molecule has 0 spiro atoms. The first-order valence-electron chi connectivity index (χ1n) is 11.3. The first-order chi connectivity index (χ1) is 17.7. The van der Waals surface area contributed by atoms with Crippen LogP contribution in [-0.2, 0) is 24.4 Å². The van der Waals surface area contributed by atoms with E-state index in [1.165, 1.54) is 24.3 Å². The molecule has 11 heteroatoms. The summed E-state index contributed by atoms with van der Waals surface area (Å²) in [6, 6.07) is 16.4. The second-order valence-electron chi connectivity index (χ2n) is 8.27. The monoisotopic (exact) mass is 553 g/mol. The van der Waals surface area contributed by atoms with Gasteiger partial charge in [-0.25, -0.2) is 4.99 Å². The van der Waals surface area contributed by atoms with E-state index < -0.39 is 6.36 Å². The molecule has 0 amide bonds. The molecule has 0 fully saturated rings. The van der Waals surface area contributed by atoms with E-state index in [0.717, 1.165) is 22.2 Å². The Morgan fingerprint density at radius 3 is 2.05 bits per heavy atom. The second kappa shape index (κ2) is 11.6. The molecular formula is C26H24Cl2F3N3O3. The second-order valence-corrected chi connectivity index (χ2v) is 9.08. The molecule has 1 aromatic heterocycles. The van der Waals surface area contributed by atoms with Crippen molar-refractivity contribution < 1.29 is 27.8 Å². The van der Waals surface area contributed by atoms with Gasteiger partial charge in [-0.15, -0.1) is 13.2 Å². The van der Waals surface area contributed by atoms with Crippen molar-refractivity contribution in [2.75, 3.05) is 13.7 Å². The Bertz CT molecular complexity index is 1430. The van der Waals surface area contributed by atoms with Crippen LogP contribution < -0.4 is 10.4 Å². The third kappa shape index (κ3) is 6.67. The topological polar surface area (TPSA) is 60.9 Å². The normalized spacial score (nSPS) is 12.5. The number of imidazole rings is 1. The highest BCUT2D eigenvalue weighted by atomic mass is 35.5. The molecule has 0 aliphatic rings. The molecule has 0 bridgehead atoms. The zero-order valence-corrected chi connectivity index (χ0v) is 21.3. The fourth-order valence-electron chi connectivity index (χ4n) is 3.95. The Balaban J connectivity index is 1.89. The van der Waals surface area contributed by atoms with Crippen LogP contribution in [0, 0.1) is 0 Å². The lowest BCUT2D eigenvalue weighted by Crippen LogP contribution is -2.27. The maximum absolute atomic E-state index is 12.6. The molecule has 3 aromatic carbocycles. The number of methoxy groups -OCH3 is 1. The number of aliphatic hydroxyl groups excluding tert-OH is 1. The third-order valence-corrected chi connectivity index (χ3v) is 6.38. The summed E-state index contributed by atoms with van der Waals surface area (Å²) in [4.78, 5) is 4.81. The largest absolute Gasteiger partial charge is 0.573 e. The Morgan fingerprint density at radius 2 is 1.49 bits per heavy atom. The van der Waals surface area contributed by atoms with E-state index in [-0.39, 0.29) is 12.4 Å². The lowest BCUT2D eigenvalue weighted by Gasteiger charge is -2.09. The Labute approximate surface area is 221 Å². The molecule has 0 saturated carbocycles. The number of alkyl halides is 3. The molecule has 0 saturated heterocycles. The molecule has 196 valence electrons. The molecule has 0 aliphatic heterocycles. The predicted molar refractivity (Wildman–Crippen MR) is 136 cm³/mol. The van der Waals surface area contributed by atoms with Crippen LogP contribution in [0.3, 0.4) is 0 Å². The summed E-state index contributed by atoms with van der Waals surface area (Å²) in [6.45, 7) is 1.43. The van der Waals surface area contributed by atoms with Gasteiger partial charge < -0.3 is 23.7 Å². The minimum Gasteiger partial charge on any atom is -0.406 e. The highest BCUT2D eigenvalue weighted by Gasteiger charge is 2.31. The lowest BCUT2D eigenvalue weighted by molar-refractivity contribution is -0.274. The van der Waals surface area contributed by atoms with E-state index in [9.17, 15) is 18.3 Å². The van der Waals surface area contributed by atoms with Crippen molar-refractivity contribution in [3.63, 3.8) is 0 Å². The zero-order valence-electron chi connectivity index (χ0n) is 19.8. The molecule has 37 heavy (non-hydrogen) atoms. The number of ether oxygens (including phenoxy) is 2. The van der Waals surface area contributed by atoms with E-state index in [4.69, 9.17) is 32.9 Å². The fraction of sp³-hybridized carbons (Fsp3) is 0.269. The minimum absolute atomic E-state index is 0.0605. The van der Waals surface area contributed by atoms with Crippen LogP contribution in [0.5, 0.6) is 5.75 Å². The highest BCUT2D eigenvalue weighted by Crippen LogP contribution is 2.29. The molecule has 0 unspecified atom stereocenters. The summed E-state index contributed by atoms with van der Waals surface area (Å²) >= 11 is 12.7. The Morgan fingerprint density at radius 1 is 0.892 bits per heavy atom. The number of halogens is 5. The molecule has 1 heterocycles. The lowest BCUT2D eigenvalue weighted by atomic mass is 10.1. The minimum atomic E-state index is -4.78. The summed E-state index contributed by atoms with van der Waals surface area (Å²) in [5.74, 6) is -0.331. The number of aromatic nitrogens is 2. The average molecular weight is 554 g/mol. The fourth-order valence-corrected chi connectivity index (χ4v) is 4.27. The summed E-state index contributed by atoms with van der Waals surface area (Å²) < 4.78 is 50.9. The van der Waals surface area contributed by atoms with Crippen molar-refractivity contribution in [1.29, 1.82) is 0 Å². The van der Waals surface area contributed by atoms with Crippen LogP contribution in [0.4, 0.5) is 18.9 Å². The van der Waals surface area contributed by atoms with E-state index in [2.05, 4.69) is 4.74 Å². The van der Waals surface area contributed by atoms with Crippen molar-refractivity contribution in [2.24, 2.45) is 4.99 Å². The van der Waals surface area contributed by atoms with Crippen LogP contribution in [0.2, 0.25) is 10.0 Å². The van der Waals surface area contributed by atoms with Crippen LogP contribution in [0.15, 0.2) is 65.7 Å². The maximum atomic E-state index is 12.6. The molecule has 0 atom stereocenters. The van der Waals surface area contributed by atoms with E-state index in [0.29, 0.717) is 47.5 Å². The number of benzene rings is 3. The maximum Gasteiger partial charge on any atom is 0.573 e. The van der Waals surface area contributed by atoms with E-state index in [1.807, 2.05) is 33.4 Å². The number of aliphatic hydroxyl groups is 1. The van der Waals surface area contributed by atoms with Crippen LogP contribution >= 0.6 is 23.2 Å². The van der Waals surface area contributed by atoms with Gasteiger partial charge in [0.05, 0.1) is 39.9 Å². The SMILES string of the molecule is COCCCn1c(=Nc2ccc(OC(F)(F)F)cc2)n(Cc2ccc(CO)cc2)c2cc(Cl)c(Cl)cc21. The van der Waals surface area contributed by atoms with Gasteiger partial charge in [-0.1, -0.05) is 47.5 Å². The summed E-state index contributed by atoms with van der Waals surface area (Å²) in [6.07, 6.45) is -4.09. The van der Waals surface area contributed by atoms with Crippen molar-refractivity contribution in [2.45, 2.75) is 32.5 Å². The van der Waals surface area contributed by atoms with Crippen LogP contribution in [0.1, 0.15) is 17.5 Å². The van der Waals surface area contributed by atoms with Crippen molar-refractivity contribution >= 4 is 39.9 Å². The highest BCUT2D eigenvalue weighted by molar-refractivity contribution is 6.42. The van der Waals surface area contributed by atoms with Gasteiger partial charge in [0.2, 0.25) is 5.62 Å². The summed E-state index contributed by atoms with van der Waals surface area (Å²) in [7, 11) is 1.62. The molecule has 4 aromatic rings. The first-order valence-corrected chi connectivity index (χ1v) is 12.1. The van der Waals surface area contributed by atoms with Gasteiger partial charge in [0.15, 0.2) is 0 Å². The molecule has 6 nitrogen and oxygen atoms in total. The van der Waals surface area contributed by atoms with Crippen molar-refractivity contribution in [3.8, 4) is 5.75 Å². The van der Waals surface area contributed by atoms with Gasteiger partial charge in [-0.2, -0.15) is 0 Å². The van der Waals surface area contributed by atoms with Crippen LogP contribution in [0.25, 0.3) is 11.0 Å². The Hall–Kier alpha value is -2.98. The van der Waals surface area contributed by atoms with Crippen molar-refractivity contribution in [3.05, 3.63) is 87.5 Å². The van der Waals surface area contributed by atoms with Gasteiger partial charge in [-0.3, -0.25) is 0 Å². The molecule has 4 rings (SSSR count). The average Bonchev–Trinajstić information content (AvgIpc) is 3.11. The van der Waals surface area contributed by atoms with Gasteiger partial charge in [-0.05, 0) is 53.9 Å². The number of aryl methyl sites for hydroxylation is 1. The summed E-state index contributed by atoms with van der Waals surface area (Å²) in [5, 5.41) is 10.2. The third-order valence-electron chi connectivity index (χ3n) is 5.66. The van der Waals surface area contributed by atoms with Gasteiger partial charge in [0.25, 0.3) is 0 Å². The van der Waals surface area contributed by atoms with E-state index in [1.54, 1.807) is 19.2 Å². The number of fused-ring (bicyclic) bond motifs is 1. The molecule has 1 N–H and O–H groups in total. The molecular weight excluding hydrogens is 530 g/mol. The number of hydrogen-bond donors (Lipinski definition) is 1. The standard InChI is InChI=1S/C26H24Cl2F3N3O3/c1-36-12-2-11-33-23-13-21(27)22(28)14-24(23)34(15-17-3-5-18(16-35)6-4-17)25(33)32-19-7-9-20(10-8-19)37-26(29,30)31/h3-10,13-14,35H,2,11-12,15-16H2,1H3. The van der Waals surface area contributed by atoms with Crippen molar-refractivity contribution in [1.82, 2.24) is 9.13 Å². The first kappa shape index (κ1) is 27.1. The van der Waals surface area contributed by atoms with Gasteiger partial charge >= 0.3 is 6.36 Å². The van der Waals surface area contributed by atoms with Gasteiger partial charge in [0, 0.05) is 20.3 Å².